The van der Waals surface area contributed by atoms with Crippen LogP contribution in [0, 0.1) is 0 Å². The summed E-state index contributed by atoms with van der Waals surface area (Å²) in [7, 11) is 1.60. The van der Waals surface area contributed by atoms with Crippen LogP contribution in [0.15, 0.2) is 24.3 Å². The summed E-state index contributed by atoms with van der Waals surface area (Å²) in [4.78, 5) is 13.6. The summed E-state index contributed by atoms with van der Waals surface area (Å²) in [6.07, 6.45) is 1.39. The fraction of sp³-hybridized carbons (Fsp3) is 0.500. The average molecular weight is 249 g/mol. The van der Waals surface area contributed by atoms with Crippen LogP contribution in [0.4, 0.5) is 5.69 Å². The van der Waals surface area contributed by atoms with E-state index in [1.165, 1.54) is 5.56 Å². The molecule has 1 aliphatic rings. The summed E-state index contributed by atoms with van der Waals surface area (Å²) in [6.45, 7) is 2.98. The molecule has 1 atom stereocenters. The van der Waals surface area contributed by atoms with Gasteiger partial charge in [-0.25, -0.2) is 4.79 Å². The highest BCUT2D eigenvalue weighted by molar-refractivity contribution is 5.84. The SMILES string of the molecule is COCCC(C)(C(=O)O)N1CCc2ccccc21. The van der Waals surface area contributed by atoms with Crippen molar-refractivity contribution in [3.05, 3.63) is 29.8 Å². The molecule has 4 nitrogen and oxygen atoms in total. The van der Waals surface area contributed by atoms with Gasteiger partial charge in [-0.3, -0.25) is 0 Å². The molecule has 1 heterocycles. The molecule has 0 radical (unpaired) electrons. The first-order valence-electron chi connectivity index (χ1n) is 6.17. The molecule has 0 bridgehead atoms. The molecule has 0 saturated carbocycles. The second-order valence-corrected chi connectivity index (χ2v) is 4.85. The molecule has 18 heavy (non-hydrogen) atoms. The van der Waals surface area contributed by atoms with Crippen molar-refractivity contribution in [3.63, 3.8) is 0 Å². The quantitative estimate of drug-likeness (QED) is 0.866. The standard InChI is InChI=1S/C14H19NO3/c1-14(13(16)17,8-10-18-2)15-9-7-11-5-3-4-6-12(11)15/h3-6H,7-10H2,1-2H3,(H,16,17). The highest BCUT2D eigenvalue weighted by atomic mass is 16.5. The number of carboxylic acid groups (broad SMARTS) is 1. The van der Waals surface area contributed by atoms with Gasteiger partial charge in [0.15, 0.2) is 0 Å². The van der Waals surface area contributed by atoms with E-state index in [1.807, 2.05) is 23.1 Å². The molecule has 0 fully saturated rings. The van der Waals surface area contributed by atoms with Crippen molar-refractivity contribution < 1.29 is 14.6 Å². The number of carbonyl (C=O) groups is 1. The first-order chi connectivity index (χ1) is 8.59. The van der Waals surface area contributed by atoms with E-state index < -0.39 is 11.5 Å². The van der Waals surface area contributed by atoms with Crippen molar-refractivity contribution in [1.82, 2.24) is 0 Å². The number of para-hydroxylation sites is 1. The van der Waals surface area contributed by atoms with Crippen LogP contribution in [0.5, 0.6) is 0 Å². The summed E-state index contributed by atoms with van der Waals surface area (Å²) < 4.78 is 5.05. The van der Waals surface area contributed by atoms with Gasteiger partial charge in [-0.2, -0.15) is 0 Å². The van der Waals surface area contributed by atoms with Crippen LogP contribution in [0.25, 0.3) is 0 Å². The third kappa shape index (κ3) is 2.08. The zero-order chi connectivity index (χ0) is 13.2. The van der Waals surface area contributed by atoms with Gasteiger partial charge in [-0.1, -0.05) is 18.2 Å². The molecule has 1 unspecified atom stereocenters. The van der Waals surface area contributed by atoms with Crippen LogP contribution in [0.1, 0.15) is 18.9 Å². The van der Waals surface area contributed by atoms with E-state index in [2.05, 4.69) is 6.07 Å². The van der Waals surface area contributed by atoms with E-state index in [1.54, 1.807) is 14.0 Å². The molecule has 0 amide bonds. The van der Waals surface area contributed by atoms with Gasteiger partial charge in [0.25, 0.3) is 0 Å². The molecule has 2 rings (SSSR count). The zero-order valence-electron chi connectivity index (χ0n) is 10.8. The number of rotatable bonds is 5. The number of anilines is 1. The van der Waals surface area contributed by atoms with Crippen LogP contribution >= 0.6 is 0 Å². The lowest BCUT2D eigenvalue weighted by Gasteiger charge is -2.37. The van der Waals surface area contributed by atoms with Gasteiger partial charge in [-0.05, 0) is 25.0 Å². The van der Waals surface area contributed by atoms with Gasteiger partial charge in [0.1, 0.15) is 5.54 Å². The van der Waals surface area contributed by atoms with E-state index in [0.717, 1.165) is 18.7 Å². The largest absolute Gasteiger partial charge is 0.480 e. The monoisotopic (exact) mass is 249 g/mol. The molecule has 1 aromatic rings. The molecule has 4 heteroatoms. The lowest BCUT2D eigenvalue weighted by Crippen LogP contribution is -2.52. The summed E-state index contributed by atoms with van der Waals surface area (Å²) in [5.74, 6) is -0.795. The summed E-state index contributed by atoms with van der Waals surface area (Å²) in [5.41, 5.74) is 1.36. The van der Waals surface area contributed by atoms with Crippen molar-refractivity contribution in [3.8, 4) is 0 Å². The predicted molar refractivity (Wildman–Crippen MR) is 70.0 cm³/mol. The number of hydrogen-bond donors (Lipinski definition) is 1. The van der Waals surface area contributed by atoms with Gasteiger partial charge in [0.2, 0.25) is 0 Å². The Morgan fingerprint density at radius 2 is 2.22 bits per heavy atom. The van der Waals surface area contributed by atoms with Crippen molar-refractivity contribution >= 4 is 11.7 Å². The molecule has 0 aromatic heterocycles. The normalized spacial score (nSPS) is 17.3. The Labute approximate surface area is 107 Å². The van der Waals surface area contributed by atoms with Crippen LogP contribution in [-0.2, 0) is 16.0 Å². The van der Waals surface area contributed by atoms with Gasteiger partial charge in [-0.15, -0.1) is 0 Å². The number of nitrogens with zero attached hydrogens (tertiary/aromatic N) is 1. The number of ether oxygens (including phenoxy) is 1. The highest BCUT2D eigenvalue weighted by Crippen LogP contribution is 2.35. The average Bonchev–Trinajstić information content (AvgIpc) is 2.80. The van der Waals surface area contributed by atoms with E-state index >= 15 is 0 Å². The lowest BCUT2D eigenvalue weighted by molar-refractivity contribution is -0.143. The first kappa shape index (κ1) is 12.9. The van der Waals surface area contributed by atoms with Gasteiger partial charge < -0.3 is 14.7 Å². The van der Waals surface area contributed by atoms with E-state index in [4.69, 9.17) is 4.74 Å². The third-order valence-corrected chi connectivity index (χ3v) is 3.74. The van der Waals surface area contributed by atoms with E-state index in [-0.39, 0.29) is 0 Å². The molecule has 0 spiro atoms. The topological polar surface area (TPSA) is 49.8 Å². The summed E-state index contributed by atoms with van der Waals surface area (Å²) in [6, 6.07) is 8.01. The second-order valence-electron chi connectivity index (χ2n) is 4.85. The first-order valence-corrected chi connectivity index (χ1v) is 6.17. The number of fused-ring (bicyclic) bond motifs is 1. The van der Waals surface area contributed by atoms with Gasteiger partial charge >= 0.3 is 5.97 Å². The van der Waals surface area contributed by atoms with Crippen molar-refractivity contribution in [2.24, 2.45) is 0 Å². The van der Waals surface area contributed by atoms with Crippen molar-refractivity contribution in [1.29, 1.82) is 0 Å². The molecule has 98 valence electrons. The minimum absolute atomic E-state index is 0.446. The molecular weight excluding hydrogens is 230 g/mol. The molecule has 0 aliphatic carbocycles. The number of hydrogen-bond acceptors (Lipinski definition) is 3. The predicted octanol–water partition coefficient (Wildman–Crippen LogP) is 1.93. The van der Waals surface area contributed by atoms with E-state index in [9.17, 15) is 9.90 Å². The minimum atomic E-state index is -0.900. The van der Waals surface area contributed by atoms with E-state index in [0.29, 0.717) is 13.0 Å². The number of benzene rings is 1. The van der Waals surface area contributed by atoms with Crippen LogP contribution in [0.3, 0.4) is 0 Å². The maximum Gasteiger partial charge on any atom is 0.329 e. The van der Waals surface area contributed by atoms with Crippen LogP contribution in [-0.4, -0.2) is 36.9 Å². The van der Waals surface area contributed by atoms with Gasteiger partial charge in [0.05, 0.1) is 0 Å². The Morgan fingerprint density at radius 1 is 1.50 bits per heavy atom. The number of carboxylic acids is 1. The smallest absolute Gasteiger partial charge is 0.329 e. The summed E-state index contributed by atoms with van der Waals surface area (Å²) >= 11 is 0. The van der Waals surface area contributed by atoms with Crippen LogP contribution in [0.2, 0.25) is 0 Å². The maximum atomic E-state index is 11.6. The third-order valence-electron chi connectivity index (χ3n) is 3.74. The van der Waals surface area contributed by atoms with Crippen molar-refractivity contribution in [2.75, 3.05) is 25.2 Å². The number of aliphatic carboxylic acids is 1. The maximum absolute atomic E-state index is 11.6. The van der Waals surface area contributed by atoms with Gasteiger partial charge in [0, 0.05) is 32.4 Å². The Bertz CT molecular complexity index is 446. The fourth-order valence-corrected chi connectivity index (χ4v) is 2.51. The molecule has 0 saturated heterocycles. The van der Waals surface area contributed by atoms with Crippen molar-refractivity contribution in [2.45, 2.75) is 25.3 Å². The fourth-order valence-electron chi connectivity index (χ4n) is 2.51. The molecule has 1 aliphatic heterocycles. The lowest BCUT2D eigenvalue weighted by atomic mass is 9.95. The molecule has 1 aromatic carbocycles. The molecular formula is C14H19NO3. The molecule has 1 N–H and O–H groups in total. The highest BCUT2D eigenvalue weighted by Gasteiger charge is 2.41. The Kier molecular flexibility index (Phi) is 3.57. The zero-order valence-corrected chi connectivity index (χ0v) is 10.8. The van der Waals surface area contributed by atoms with Crippen LogP contribution < -0.4 is 4.90 Å². The second kappa shape index (κ2) is 4.98. The Hall–Kier alpha value is -1.55. The Morgan fingerprint density at radius 3 is 2.89 bits per heavy atom. The number of methoxy groups -OCH3 is 1. The summed E-state index contributed by atoms with van der Waals surface area (Å²) in [5, 5.41) is 9.55. The minimum Gasteiger partial charge on any atom is -0.480 e. The Balaban J connectivity index is 2.31.